The summed E-state index contributed by atoms with van der Waals surface area (Å²) in [5.41, 5.74) is 1.03. The van der Waals surface area contributed by atoms with Gasteiger partial charge in [0.2, 0.25) is 0 Å². The number of aliphatic carboxylic acids is 1. The first-order chi connectivity index (χ1) is 7.24. The molecule has 3 nitrogen and oxygen atoms in total. The largest absolute Gasteiger partial charge is 0.494 e. The Bertz CT molecular complexity index is 373. The van der Waals surface area contributed by atoms with Gasteiger partial charge in [0.05, 0.1) is 12.5 Å². The molecule has 0 bridgehead atoms. The Labute approximate surface area is 88.7 Å². The van der Waals surface area contributed by atoms with Crippen LogP contribution in [0.5, 0.6) is 5.75 Å². The second-order valence-electron chi connectivity index (χ2n) is 3.76. The third kappa shape index (κ3) is 1.96. The van der Waals surface area contributed by atoms with E-state index in [1.54, 1.807) is 0 Å². The van der Waals surface area contributed by atoms with Gasteiger partial charge in [-0.2, -0.15) is 0 Å². The second-order valence-corrected chi connectivity index (χ2v) is 3.76. The first-order valence-electron chi connectivity index (χ1n) is 5.18. The van der Waals surface area contributed by atoms with Gasteiger partial charge < -0.3 is 9.84 Å². The number of ether oxygens (including phenoxy) is 1. The molecule has 1 aromatic rings. The molecule has 3 heteroatoms. The van der Waals surface area contributed by atoms with Crippen LogP contribution < -0.4 is 4.74 Å². The van der Waals surface area contributed by atoms with Crippen molar-refractivity contribution in [2.75, 3.05) is 6.61 Å². The van der Waals surface area contributed by atoms with Gasteiger partial charge in [-0.1, -0.05) is 18.2 Å². The minimum Gasteiger partial charge on any atom is -0.494 e. The molecule has 0 unspecified atom stereocenters. The number of para-hydroxylation sites is 1. The van der Waals surface area contributed by atoms with Crippen LogP contribution in [0.2, 0.25) is 0 Å². The molecule has 1 saturated carbocycles. The molecule has 0 aliphatic heterocycles. The molecule has 0 heterocycles. The molecule has 0 radical (unpaired) electrons. The van der Waals surface area contributed by atoms with Crippen LogP contribution in [0.25, 0.3) is 0 Å². The van der Waals surface area contributed by atoms with Crippen molar-refractivity contribution in [2.24, 2.45) is 5.92 Å². The van der Waals surface area contributed by atoms with Crippen molar-refractivity contribution < 1.29 is 14.6 Å². The fourth-order valence-electron chi connectivity index (χ4n) is 1.89. The highest BCUT2D eigenvalue weighted by Gasteiger charge is 2.45. The lowest BCUT2D eigenvalue weighted by atomic mass is 10.1. The molecular formula is C12H14O3. The Hall–Kier alpha value is -1.51. The zero-order valence-corrected chi connectivity index (χ0v) is 8.64. The Morgan fingerprint density at radius 3 is 2.87 bits per heavy atom. The van der Waals surface area contributed by atoms with E-state index in [-0.39, 0.29) is 11.8 Å². The average Bonchev–Trinajstić information content (AvgIpc) is 2.99. The highest BCUT2D eigenvalue weighted by atomic mass is 16.5. The lowest BCUT2D eigenvalue weighted by Gasteiger charge is -2.08. The summed E-state index contributed by atoms with van der Waals surface area (Å²) in [4.78, 5) is 10.8. The van der Waals surface area contributed by atoms with E-state index in [0.717, 1.165) is 17.7 Å². The van der Waals surface area contributed by atoms with Gasteiger partial charge in [-0.05, 0) is 25.0 Å². The van der Waals surface area contributed by atoms with Gasteiger partial charge in [0.25, 0.3) is 0 Å². The Balaban J connectivity index is 2.18. The van der Waals surface area contributed by atoms with E-state index in [9.17, 15) is 4.79 Å². The van der Waals surface area contributed by atoms with Crippen molar-refractivity contribution in [3.8, 4) is 5.75 Å². The van der Waals surface area contributed by atoms with Crippen molar-refractivity contribution in [3.05, 3.63) is 29.8 Å². The van der Waals surface area contributed by atoms with Gasteiger partial charge in [-0.3, -0.25) is 4.79 Å². The Morgan fingerprint density at radius 1 is 1.53 bits per heavy atom. The lowest BCUT2D eigenvalue weighted by Crippen LogP contribution is -2.01. The average molecular weight is 206 g/mol. The first kappa shape index (κ1) is 10.0. The van der Waals surface area contributed by atoms with Crippen molar-refractivity contribution in [3.63, 3.8) is 0 Å². The summed E-state index contributed by atoms with van der Waals surface area (Å²) >= 11 is 0. The van der Waals surface area contributed by atoms with Crippen LogP contribution in [0, 0.1) is 5.92 Å². The summed E-state index contributed by atoms with van der Waals surface area (Å²) in [6, 6.07) is 7.69. The molecule has 80 valence electrons. The summed E-state index contributed by atoms with van der Waals surface area (Å²) in [6.07, 6.45) is 0.736. The normalized spacial score (nSPS) is 23.5. The molecule has 0 amide bonds. The number of carbonyl (C=O) groups is 1. The molecule has 1 aliphatic rings. The molecule has 0 spiro atoms. The van der Waals surface area contributed by atoms with Crippen LogP contribution in [0.15, 0.2) is 24.3 Å². The molecule has 0 aromatic heterocycles. The van der Waals surface area contributed by atoms with Crippen LogP contribution >= 0.6 is 0 Å². The fraction of sp³-hybridized carbons (Fsp3) is 0.417. The third-order valence-electron chi connectivity index (χ3n) is 2.73. The van der Waals surface area contributed by atoms with Crippen LogP contribution in [0.4, 0.5) is 0 Å². The predicted octanol–water partition coefficient (Wildman–Crippen LogP) is 2.27. The smallest absolute Gasteiger partial charge is 0.307 e. The number of carboxylic acids is 1. The van der Waals surface area contributed by atoms with Crippen molar-refractivity contribution in [1.29, 1.82) is 0 Å². The SMILES string of the molecule is CCOc1ccccc1[C@@H]1C[C@H]1C(=O)O. The number of carboxylic acid groups (broad SMARTS) is 1. The fourth-order valence-corrected chi connectivity index (χ4v) is 1.89. The Kier molecular flexibility index (Phi) is 2.62. The van der Waals surface area contributed by atoms with Crippen molar-refractivity contribution in [1.82, 2.24) is 0 Å². The first-order valence-corrected chi connectivity index (χ1v) is 5.18. The monoisotopic (exact) mass is 206 g/mol. The van der Waals surface area contributed by atoms with Crippen molar-refractivity contribution >= 4 is 5.97 Å². The van der Waals surface area contributed by atoms with E-state index in [4.69, 9.17) is 9.84 Å². The van der Waals surface area contributed by atoms with Crippen LogP contribution in [0.3, 0.4) is 0 Å². The molecule has 1 fully saturated rings. The van der Waals surface area contributed by atoms with Gasteiger partial charge in [-0.25, -0.2) is 0 Å². The van der Waals surface area contributed by atoms with E-state index in [1.165, 1.54) is 0 Å². The minimum atomic E-state index is -0.702. The highest BCUT2D eigenvalue weighted by molar-refractivity contribution is 5.75. The maximum Gasteiger partial charge on any atom is 0.307 e. The van der Waals surface area contributed by atoms with Gasteiger partial charge >= 0.3 is 5.97 Å². The standard InChI is InChI=1S/C12H14O3/c1-2-15-11-6-4-3-5-8(11)9-7-10(9)12(13)14/h3-6,9-10H,2,7H2,1H3,(H,13,14)/t9-,10+/m0/s1. The van der Waals surface area contributed by atoms with E-state index >= 15 is 0 Å². The van der Waals surface area contributed by atoms with Crippen LogP contribution in [-0.2, 0) is 4.79 Å². The number of rotatable bonds is 4. The maximum atomic E-state index is 10.8. The molecule has 1 N–H and O–H groups in total. The van der Waals surface area contributed by atoms with E-state index in [1.807, 2.05) is 31.2 Å². The second kappa shape index (κ2) is 3.93. The van der Waals surface area contributed by atoms with Crippen LogP contribution in [0.1, 0.15) is 24.8 Å². The van der Waals surface area contributed by atoms with Gasteiger partial charge in [-0.15, -0.1) is 0 Å². The van der Waals surface area contributed by atoms with Crippen molar-refractivity contribution in [2.45, 2.75) is 19.3 Å². The zero-order chi connectivity index (χ0) is 10.8. The summed E-state index contributed by atoms with van der Waals surface area (Å²) in [5.74, 6) is 0.0527. The lowest BCUT2D eigenvalue weighted by molar-refractivity contribution is -0.138. The van der Waals surface area contributed by atoms with Crippen LogP contribution in [-0.4, -0.2) is 17.7 Å². The summed E-state index contributed by atoms with van der Waals surface area (Å²) < 4.78 is 5.47. The number of benzene rings is 1. The predicted molar refractivity (Wildman–Crippen MR) is 56.1 cm³/mol. The van der Waals surface area contributed by atoms with Gasteiger partial charge in [0.1, 0.15) is 5.75 Å². The third-order valence-corrected chi connectivity index (χ3v) is 2.73. The van der Waals surface area contributed by atoms with E-state index in [0.29, 0.717) is 6.61 Å². The quantitative estimate of drug-likeness (QED) is 0.822. The minimum absolute atomic E-state index is 0.144. The maximum absolute atomic E-state index is 10.8. The molecule has 15 heavy (non-hydrogen) atoms. The molecule has 1 aromatic carbocycles. The number of hydrogen-bond acceptors (Lipinski definition) is 2. The Morgan fingerprint density at radius 2 is 2.27 bits per heavy atom. The van der Waals surface area contributed by atoms with E-state index in [2.05, 4.69) is 0 Å². The summed E-state index contributed by atoms with van der Waals surface area (Å²) in [6.45, 7) is 2.54. The molecule has 1 aliphatic carbocycles. The molecule has 0 saturated heterocycles. The highest BCUT2D eigenvalue weighted by Crippen LogP contribution is 2.50. The topological polar surface area (TPSA) is 46.5 Å². The summed E-state index contributed by atoms with van der Waals surface area (Å²) in [5, 5.41) is 8.86. The molecular weight excluding hydrogens is 192 g/mol. The molecule has 2 atom stereocenters. The van der Waals surface area contributed by atoms with Gasteiger partial charge in [0.15, 0.2) is 0 Å². The number of hydrogen-bond donors (Lipinski definition) is 1. The van der Waals surface area contributed by atoms with Gasteiger partial charge in [0, 0.05) is 5.92 Å². The molecule has 2 rings (SSSR count). The van der Waals surface area contributed by atoms with E-state index < -0.39 is 5.97 Å². The summed E-state index contributed by atoms with van der Waals surface area (Å²) in [7, 11) is 0. The zero-order valence-electron chi connectivity index (χ0n) is 8.64.